The molecule has 0 aliphatic carbocycles. The van der Waals surface area contributed by atoms with E-state index in [0.29, 0.717) is 16.8 Å². The summed E-state index contributed by atoms with van der Waals surface area (Å²) in [5, 5.41) is 13.5. The Morgan fingerprint density at radius 1 is 1.09 bits per heavy atom. The number of Topliss-reactive ketones (excluding diaryl/α,β-unsaturated/α-hetero) is 1. The summed E-state index contributed by atoms with van der Waals surface area (Å²) in [6.07, 6.45) is 2.61. The molecule has 0 radical (unpaired) electrons. The second-order valence-corrected chi connectivity index (χ2v) is 4.77. The number of anilines is 1. The van der Waals surface area contributed by atoms with E-state index in [0.717, 1.165) is 0 Å². The molecular formula is C17H14N2O4. The summed E-state index contributed by atoms with van der Waals surface area (Å²) in [5.74, 6) is -0.474. The van der Waals surface area contributed by atoms with Crippen molar-refractivity contribution in [2.45, 2.75) is 6.92 Å². The van der Waals surface area contributed by atoms with Crippen LogP contribution in [0, 0.1) is 10.1 Å². The number of hydrogen-bond acceptors (Lipinski definition) is 4. The van der Waals surface area contributed by atoms with Gasteiger partial charge >= 0.3 is 0 Å². The smallest absolute Gasteiger partial charge is 0.276 e. The molecule has 116 valence electrons. The predicted molar refractivity (Wildman–Crippen MR) is 87.2 cm³/mol. The van der Waals surface area contributed by atoms with Crippen LogP contribution in [0.2, 0.25) is 0 Å². The molecule has 0 saturated carbocycles. The molecule has 0 heterocycles. The van der Waals surface area contributed by atoms with Crippen LogP contribution >= 0.6 is 0 Å². The van der Waals surface area contributed by atoms with Crippen LogP contribution in [-0.2, 0) is 4.79 Å². The number of carbonyl (C=O) groups excluding carboxylic acids is 2. The Kier molecular flexibility index (Phi) is 4.99. The van der Waals surface area contributed by atoms with Gasteiger partial charge in [-0.15, -0.1) is 0 Å². The van der Waals surface area contributed by atoms with E-state index in [1.165, 1.54) is 25.1 Å². The molecule has 23 heavy (non-hydrogen) atoms. The van der Waals surface area contributed by atoms with E-state index in [9.17, 15) is 19.7 Å². The molecule has 0 spiro atoms. The van der Waals surface area contributed by atoms with Gasteiger partial charge in [0, 0.05) is 23.4 Å². The summed E-state index contributed by atoms with van der Waals surface area (Å²) in [7, 11) is 0. The summed E-state index contributed by atoms with van der Waals surface area (Å²) in [5.41, 5.74) is 1.37. The van der Waals surface area contributed by atoms with Gasteiger partial charge in [0.1, 0.15) is 0 Å². The molecule has 0 aliphatic heterocycles. The molecule has 1 N–H and O–H groups in total. The monoisotopic (exact) mass is 310 g/mol. The highest BCUT2D eigenvalue weighted by molar-refractivity contribution is 6.02. The number of benzene rings is 2. The summed E-state index contributed by atoms with van der Waals surface area (Å²) >= 11 is 0. The maximum absolute atomic E-state index is 11.9. The normalized spacial score (nSPS) is 10.5. The average molecular weight is 310 g/mol. The third-order valence-corrected chi connectivity index (χ3v) is 3.11. The van der Waals surface area contributed by atoms with Crippen LogP contribution in [0.25, 0.3) is 6.08 Å². The minimum atomic E-state index is -0.502. The first-order valence-electron chi connectivity index (χ1n) is 6.81. The van der Waals surface area contributed by atoms with Gasteiger partial charge < -0.3 is 5.32 Å². The molecule has 0 bridgehead atoms. The average Bonchev–Trinajstić information content (AvgIpc) is 2.53. The second kappa shape index (κ2) is 7.13. The van der Waals surface area contributed by atoms with Crippen molar-refractivity contribution in [2.24, 2.45) is 0 Å². The lowest BCUT2D eigenvalue weighted by atomic mass is 10.1. The lowest BCUT2D eigenvalue weighted by Gasteiger charge is -2.03. The van der Waals surface area contributed by atoms with Crippen LogP contribution in [0.15, 0.2) is 54.6 Å². The zero-order chi connectivity index (χ0) is 16.8. The summed E-state index contributed by atoms with van der Waals surface area (Å²) < 4.78 is 0. The van der Waals surface area contributed by atoms with Crippen molar-refractivity contribution >= 4 is 29.1 Å². The van der Waals surface area contributed by atoms with Crippen molar-refractivity contribution in [1.29, 1.82) is 0 Å². The van der Waals surface area contributed by atoms with Crippen molar-refractivity contribution < 1.29 is 14.5 Å². The molecule has 0 aromatic heterocycles. The molecule has 0 atom stereocenters. The largest absolute Gasteiger partial charge is 0.323 e. The van der Waals surface area contributed by atoms with Crippen molar-refractivity contribution in [2.75, 3.05) is 5.32 Å². The third-order valence-electron chi connectivity index (χ3n) is 3.11. The number of amides is 1. The van der Waals surface area contributed by atoms with Gasteiger partial charge in [-0.3, -0.25) is 19.7 Å². The van der Waals surface area contributed by atoms with Crippen molar-refractivity contribution in [3.05, 3.63) is 75.8 Å². The van der Waals surface area contributed by atoms with E-state index in [2.05, 4.69) is 5.32 Å². The van der Waals surface area contributed by atoms with E-state index in [1.807, 2.05) is 0 Å². The minimum absolute atomic E-state index is 0.0563. The fraction of sp³-hybridized carbons (Fsp3) is 0.0588. The number of hydrogen-bond donors (Lipinski definition) is 1. The van der Waals surface area contributed by atoms with Crippen LogP contribution < -0.4 is 5.32 Å². The third kappa shape index (κ3) is 4.34. The first-order chi connectivity index (χ1) is 11.0. The van der Waals surface area contributed by atoms with Gasteiger partial charge in [0.15, 0.2) is 5.78 Å². The zero-order valence-electron chi connectivity index (χ0n) is 12.4. The summed E-state index contributed by atoms with van der Waals surface area (Å²) in [6, 6.07) is 12.6. The Balaban J connectivity index is 2.07. The molecular weight excluding hydrogens is 296 g/mol. The maximum Gasteiger partial charge on any atom is 0.276 e. The molecule has 2 rings (SSSR count). The molecule has 0 aliphatic rings. The van der Waals surface area contributed by atoms with E-state index < -0.39 is 10.8 Å². The number of rotatable bonds is 5. The number of carbonyl (C=O) groups is 2. The molecule has 6 heteroatoms. The Morgan fingerprint density at radius 3 is 2.35 bits per heavy atom. The molecule has 0 fully saturated rings. The van der Waals surface area contributed by atoms with Crippen molar-refractivity contribution in [3.8, 4) is 0 Å². The summed E-state index contributed by atoms with van der Waals surface area (Å²) in [6.45, 7) is 1.46. The van der Waals surface area contributed by atoms with Crippen LogP contribution in [0.4, 0.5) is 11.4 Å². The predicted octanol–water partition coefficient (Wildman–Crippen LogP) is 3.45. The van der Waals surface area contributed by atoms with Crippen LogP contribution in [0.5, 0.6) is 0 Å². The number of para-hydroxylation sites is 1. The van der Waals surface area contributed by atoms with Gasteiger partial charge in [0.2, 0.25) is 5.91 Å². The fourth-order valence-corrected chi connectivity index (χ4v) is 1.93. The number of nitro benzene ring substituents is 1. The topological polar surface area (TPSA) is 89.3 Å². The number of nitrogens with zero attached hydrogens (tertiary/aromatic N) is 1. The fourth-order valence-electron chi connectivity index (χ4n) is 1.93. The highest BCUT2D eigenvalue weighted by Crippen LogP contribution is 2.19. The van der Waals surface area contributed by atoms with Gasteiger partial charge in [0.25, 0.3) is 5.69 Å². The first kappa shape index (κ1) is 16.1. The van der Waals surface area contributed by atoms with Gasteiger partial charge in [-0.2, -0.15) is 0 Å². The van der Waals surface area contributed by atoms with Gasteiger partial charge in [0.05, 0.1) is 10.5 Å². The highest BCUT2D eigenvalue weighted by atomic mass is 16.6. The van der Waals surface area contributed by atoms with Crippen LogP contribution in [0.1, 0.15) is 22.8 Å². The molecule has 0 unspecified atom stereocenters. The minimum Gasteiger partial charge on any atom is -0.323 e. The Hall–Kier alpha value is -3.28. The van der Waals surface area contributed by atoms with E-state index in [-0.39, 0.29) is 11.5 Å². The molecule has 1 amide bonds. The van der Waals surface area contributed by atoms with E-state index in [4.69, 9.17) is 0 Å². The molecule has 6 nitrogen and oxygen atoms in total. The standard InChI is InChI=1S/C17H14N2O4/c1-12(20)13-6-9-15(10-7-13)18-17(21)11-8-14-4-2-3-5-16(14)19(22)23/h2-11H,1H3,(H,18,21)/b11-8+. The first-order valence-corrected chi connectivity index (χ1v) is 6.81. The Labute approximate surface area is 132 Å². The Morgan fingerprint density at radius 2 is 1.74 bits per heavy atom. The molecule has 2 aromatic carbocycles. The highest BCUT2D eigenvalue weighted by Gasteiger charge is 2.09. The number of nitrogens with one attached hydrogen (secondary N) is 1. The van der Waals surface area contributed by atoms with Crippen molar-refractivity contribution in [3.63, 3.8) is 0 Å². The van der Waals surface area contributed by atoms with E-state index in [1.54, 1.807) is 42.5 Å². The van der Waals surface area contributed by atoms with Gasteiger partial charge in [-0.25, -0.2) is 0 Å². The number of ketones is 1. The quantitative estimate of drug-likeness (QED) is 0.396. The SMILES string of the molecule is CC(=O)c1ccc(NC(=O)/C=C/c2ccccc2[N+](=O)[O-])cc1. The van der Waals surface area contributed by atoms with Gasteiger partial charge in [-0.1, -0.05) is 12.1 Å². The van der Waals surface area contributed by atoms with E-state index >= 15 is 0 Å². The van der Waals surface area contributed by atoms with Crippen molar-refractivity contribution in [1.82, 2.24) is 0 Å². The number of nitro groups is 1. The molecule has 2 aromatic rings. The summed E-state index contributed by atoms with van der Waals surface area (Å²) in [4.78, 5) is 33.4. The lowest BCUT2D eigenvalue weighted by molar-refractivity contribution is -0.385. The van der Waals surface area contributed by atoms with Crippen LogP contribution in [-0.4, -0.2) is 16.6 Å². The molecule has 0 saturated heterocycles. The maximum atomic E-state index is 11.9. The zero-order valence-corrected chi connectivity index (χ0v) is 12.4. The van der Waals surface area contributed by atoms with Gasteiger partial charge in [-0.05, 0) is 43.3 Å². The second-order valence-electron chi connectivity index (χ2n) is 4.77. The lowest BCUT2D eigenvalue weighted by Crippen LogP contribution is -2.08. The Bertz CT molecular complexity index is 779. The van der Waals surface area contributed by atoms with Crippen LogP contribution in [0.3, 0.4) is 0 Å².